The number of amides is 1. The van der Waals surface area contributed by atoms with Crippen LogP contribution in [0.25, 0.3) is 0 Å². The summed E-state index contributed by atoms with van der Waals surface area (Å²) in [5, 5.41) is 6.66. The molecule has 1 aliphatic rings. The van der Waals surface area contributed by atoms with Crippen LogP contribution >= 0.6 is 12.8 Å². The molecule has 0 N–H and O–H groups in total. The fourth-order valence-corrected chi connectivity index (χ4v) is 0.385. The number of carbonyl (C=O) groups excluding carboxylic acids is 1. The van der Waals surface area contributed by atoms with Gasteiger partial charge >= 0.3 is 0 Å². The van der Waals surface area contributed by atoms with Gasteiger partial charge in [-0.15, -0.1) is 0 Å². The summed E-state index contributed by atoms with van der Waals surface area (Å²) in [5.41, 5.74) is 0. The van der Waals surface area contributed by atoms with E-state index in [-0.39, 0.29) is 12.5 Å². The first-order valence-corrected chi connectivity index (χ1v) is 2.10. The predicted octanol–water partition coefficient (Wildman–Crippen LogP) is 0.0406. The van der Waals surface area contributed by atoms with E-state index in [1.54, 1.807) is 0 Å². The van der Waals surface area contributed by atoms with Gasteiger partial charge in [0.15, 0.2) is 0 Å². The van der Waals surface area contributed by atoms with Crippen molar-refractivity contribution in [3.63, 3.8) is 0 Å². The molecule has 38 valence electrons. The average molecular weight is 117 g/mol. The first-order chi connectivity index (χ1) is 3.30. The third-order valence-corrected chi connectivity index (χ3v) is 0.880. The van der Waals surface area contributed by atoms with Crippen LogP contribution in [0.15, 0.2) is 10.3 Å². The van der Waals surface area contributed by atoms with E-state index < -0.39 is 0 Å². The van der Waals surface area contributed by atoms with Crippen molar-refractivity contribution in [3.05, 3.63) is 0 Å². The molecule has 0 saturated carbocycles. The minimum Gasteiger partial charge on any atom is -0.270 e. The maximum Gasteiger partial charge on any atom is 0.277 e. The quantitative estimate of drug-likeness (QED) is 0.447. The highest BCUT2D eigenvalue weighted by atomic mass is 32.1. The van der Waals surface area contributed by atoms with Crippen LogP contribution in [0.5, 0.6) is 0 Å². The highest BCUT2D eigenvalue weighted by Crippen LogP contribution is 2.02. The van der Waals surface area contributed by atoms with Crippen LogP contribution in [-0.2, 0) is 4.79 Å². The van der Waals surface area contributed by atoms with E-state index in [9.17, 15) is 4.79 Å². The third kappa shape index (κ3) is 0.714. The molecule has 7 heavy (non-hydrogen) atoms. The van der Waals surface area contributed by atoms with E-state index in [1.807, 2.05) is 0 Å². The molecule has 5 heteroatoms. The van der Waals surface area contributed by atoms with Gasteiger partial charge in [-0.25, -0.2) is 0 Å². The van der Waals surface area contributed by atoms with Crippen LogP contribution in [0.3, 0.4) is 0 Å². The Morgan fingerprint density at radius 2 is 2.57 bits per heavy atom. The Hall–Kier alpha value is -0.580. The normalized spacial score (nSPS) is 19.0. The molecule has 1 amide bonds. The van der Waals surface area contributed by atoms with Crippen molar-refractivity contribution in [2.24, 2.45) is 10.3 Å². The third-order valence-electron chi connectivity index (χ3n) is 0.577. The first-order valence-electron chi connectivity index (χ1n) is 1.70. The van der Waals surface area contributed by atoms with Gasteiger partial charge in [-0.2, -0.15) is 9.53 Å². The molecule has 0 spiro atoms. The summed E-state index contributed by atoms with van der Waals surface area (Å²) >= 11 is 3.61. The van der Waals surface area contributed by atoms with Gasteiger partial charge in [-0.05, 0) is 12.8 Å². The topological polar surface area (TPSA) is 45.0 Å². The lowest BCUT2D eigenvalue weighted by Crippen LogP contribution is -2.10. The highest BCUT2D eigenvalue weighted by molar-refractivity contribution is 7.78. The van der Waals surface area contributed by atoms with E-state index in [4.69, 9.17) is 0 Å². The van der Waals surface area contributed by atoms with Crippen LogP contribution in [0, 0.1) is 0 Å². The Labute approximate surface area is 45.7 Å². The van der Waals surface area contributed by atoms with Crippen molar-refractivity contribution in [1.82, 2.24) is 4.41 Å². The maximum absolute atomic E-state index is 10.2. The van der Waals surface area contributed by atoms with Crippen molar-refractivity contribution in [2.45, 2.75) is 0 Å². The molecule has 1 rings (SSSR count). The fourth-order valence-electron chi connectivity index (χ4n) is 0.265. The molecule has 4 nitrogen and oxygen atoms in total. The molecule has 0 bridgehead atoms. The van der Waals surface area contributed by atoms with E-state index >= 15 is 0 Å². The number of rotatable bonds is 0. The summed E-state index contributed by atoms with van der Waals surface area (Å²) in [6, 6.07) is 0. The van der Waals surface area contributed by atoms with Crippen LogP contribution in [0.2, 0.25) is 0 Å². The molecule has 0 saturated heterocycles. The zero-order valence-corrected chi connectivity index (χ0v) is 4.30. The van der Waals surface area contributed by atoms with Crippen molar-refractivity contribution in [1.29, 1.82) is 0 Å². The van der Waals surface area contributed by atoms with Crippen molar-refractivity contribution in [2.75, 3.05) is 6.54 Å². The van der Waals surface area contributed by atoms with Gasteiger partial charge in [0.2, 0.25) is 0 Å². The Morgan fingerprint density at radius 1 is 1.86 bits per heavy atom. The molecule has 0 aromatic heterocycles. The lowest BCUT2D eigenvalue weighted by Gasteiger charge is -1.93. The summed E-state index contributed by atoms with van der Waals surface area (Å²) in [6.07, 6.45) is 0. The summed E-state index contributed by atoms with van der Waals surface area (Å²) in [4.78, 5) is 10.2. The van der Waals surface area contributed by atoms with Gasteiger partial charge in [0.25, 0.3) is 5.91 Å². The first kappa shape index (κ1) is 4.58. The van der Waals surface area contributed by atoms with Crippen LogP contribution in [-0.4, -0.2) is 16.9 Å². The van der Waals surface area contributed by atoms with Gasteiger partial charge < -0.3 is 0 Å². The zero-order valence-electron chi connectivity index (χ0n) is 3.40. The minimum atomic E-state index is -0.177. The summed E-state index contributed by atoms with van der Waals surface area (Å²) in [5.74, 6) is -0.177. The maximum atomic E-state index is 10.2. The summed E-state index contributed by atoms with van der Waals surface area (Å²) in [6.45, 7) is 0.142. The molecule has 1 aliphatic heterocycles. The fraction of sp³-hybridized carbons (Fsp3) is 0.500. The summed E-state index contributed by atoms with van der Waals surface area (Å²) < 4.78 is 0.917. The molecular weight excluding hydrogens is 114 g/mol. The number of nitrogens with zero attached hydrogens (tertiary/aromatic N) is 3. The minimum absolute atomic E-state index is 0.142. The average Bonchev–Trinajstić information content (AvgIpc) is 1.91. The van der Waals surface area contributed by atoms with Gasteiger partial charge in [0, 0.05) is 0 Å². The van der Waals surface area contributed by atoms with Crippen molar-refractivity contribution < 1.29 is 4.79 Å². The monoisotopic (exact) mass is 117 g/mol. The van der Waals surface area contributed by atoms with E-state index in [0.29, 0.717) is 0 Å². The molecule has 0 unspecified atom stereocenters. The molecule has 0 atom stereocenters. The van der Waals surface area contributed by atoms with Gasteiger partial charge in [-0.1, -0.05) is 5.22 Å². The lowest BCUT2D eigenvalue weighted by atomic mass is 10.7. The second-order valence-corrected chi connectivity index (χ2v) is 1.45. The van der Waals surface area contributed by atoms with Crippen LogP contribution < -0.4 is 0 Å². The summed E-state index contributed by atoms with van der Waals surface area (Å²) in [7, 11) is 0. The highest BCUT2D eigenvalue weighted by Gasteiger charge is 2.12. The lowest BCUT2D eigenvalue weighted by molar-refractivity contribution is -0.122. The van der Waals surface area contributed by atoms with Crippen molar-refractivity contribution >= 4 is 18.7 Å². The standard InChI is InChI=1S/C2H3N3OS/c6-2-1-3-4-5(2)7/h7H,1H2. The van der Waals surface area contributed by atoms with E-state index in [2.05, 4.69) is 23.2 Å². The molecular formula is C2H3N3OS. The Balaban J connectivity index is 2.62. The van der Waals surface area contributed by atoms with Gasteiger partial charge in [-0.3, -0.25) is 4.79 Å². The molecule has 0 aromatic carbocycles. The molecule has 0 aromatic rings. The predicted molar refractivity (Wildman–Crippen MR) is 25.6 cm³/mol. The van der Waals surface area contributed by atoms with E-state index in [0.717, 1.165) is 4.41 Å². The van der Waals surface area contributed by atoms with Gasteiger partial charge in [0.05, 0.1) is 0 Å². The number of hydrogen-bond acceptors (Lipinski definition) is 4. The molecule has 0 aliphatic carbocycles. The number of thiol groups is 1. The van der Waals surface area contributed by atoms with Crippen LogP contribution in [0.1, 0.15) is 0 Å². The Morgan fingerprint density at radius 3 is 2.71 bits per heavy atom. The Bertz CT molecular complexity index is 122. The smallest absolute Gasteiger partial charge is 0.270 e. The SMILES string of the molecule is O=C1CN=NN1S. The van der Waals surface area contributed by atoms with Crippen LogP contribution in [0.4, 0.5) is 0 Å². The Kier molecular flexibility index (Phi) is 0.976. The molecule has 1 heterocycles. The van der Waals surface area contributed by atoms with Gasteiger partial charge in [0.1, 0.15) is 6.54 Å². The van der Waals surface area contributed by atoms with Crippen molar-refractivity contribution in [3.8, 4) is 0 Å². The largest absolute Gasteiger partial charge is 0.277 e. The molecule has 0 fully saturated rings. The van der Waals surface area contributed by atoms with E-state index in [1.165, 1.54) is 0 Å². The number of carbonyl (C=O) groups is 1. The second-order valence-electron chi connectivity index (χ2n) is 1.07. The zero-order chi connectivity index (χ0) is 5.28. The number of hydrogen-bond donors (Lipinski definition) is 1. The second kappa shape index (κ2) is 1.49. The molecule has 0 radical (unpaired) electrons.